The summed E-state index contributed by atoms with van der Waals surface area (Å²) in [6.45, 7) is 15.1. The molecule has 0 fully saturated rings. The van der Waals surface area contributed by atoms with Gasteiger partial charge in [-0.3, -0.25) is 0 Å². The van der Waals surface area contributed by atoms with E-state index in [2.05, 4.69) is 36.1 Å². The third-order valence-electron chi connectivity index (χ3n) is 3.59. The fraction of sp³-hybridized carbons (Fsp3) is 0.600. The van der Waals surface area contributed by atoms with Crippen molar-refractivity contribution >= 4 is 17.9 Å². The quantitative estimate of drug-likeness (QED) is 0.725. The maximum Gasteiger partial charge on any atom is 0.408 e. The summed E-state index contributed by atoms with van der Waals surface area (Å²) in [7, 11) is 0. The van der Waals surface area contributed by atoms with Crippen LogP contribution in [0, 0.1) is 25.2 Å². The normalized spacial score (nSPS) is 13.1. The minimum Gasteiger partial charge on any atom is -0.444 e. The number of nitrogens with zero attached hydrogens (tertiary/aromatic N) is 3. The van der Waals surface area contributed by atoms with Gasteiger partial charge in [0.05, 0.1) is 0 Å². The predicted molar refractivity (Wildman–Crippen MR) is 111 cm³/mol. The van der Waals surface area contributed by atoms with Crippen molar-refractivity contribution in [1.29, 1.82) is 5.26 Å². The first-order valence-electron chi connectivity index (χ1n) is 9.28. The van der Waals surface area contributed by atoms with Crippen LogP contribution in [0.25, 0.3) is 11.6 Å². The van der Waals surface area contributed by atoms with Gasteiger partial charge < -0.3 is 18.9 Å². The SMILES string of the molecule is Cc1oc(-c2nc([C@H](CSC(C)(C)C)NC(=O)OC(C)(C)C)oc2C)nc1C#N. The highest BCUT2D eigenvalue weighted by atomic mass is 32.2. The molecule has 2 aromatic heterocycles. The number of aromatic nitrogens is 2. The van der Waals surface area contributed by atoms with Crippen molar-refractivity contribution in [2.45, 2.75) is 71.8 Å². The smallest absolute Gasteiger partial charge is 0.408 e. The number of nitrogens with one attached hydrogen (secondary N) is 1. The Balaban J connectivity index is 2.32. The molecule has 0 aliphatic carbocycles. The largest absolute Gasteiger partial charge is 0.444 e. The van der Waals surface area contributed by atoms with Crippen molar-refractivity contribution in [3.8, 4) is 17.7 Å². The van der Waals surface area contributed by atoms with Gasteiger partial charge in [0.1, 0.15) is 29.2 Å². The minimum absolute atomic E-state index is 0.0142. The summed E-state index contributed by atoms with van der Waals surface area (Å²) in [5.74, 6) is 1.98. The second kappa shape index (κ2) is 8.49. The van der Waals surface area contributed by atoms with E-state index < -0.39 is 17.7 Å². The Hall–Kier alpha value is -2.47. The monoisotopic (exact) mass is 420 g/mol. The third-order valence-corrected chi connectivity index (χ3v) is 4.96. The summed E-state index contributed by atoms with van der Waals surface area (Å²) in [4.78, 5) is 21.0. The summed E-state index contributed by atoms with van der Waals surface area (Å²) >= 11 is 1.67. The number of carbonyl (C=O) groups is 1. The summed E-state index contributed by atoms with van der Waals surface area (Å²) in [6, 6.07) is 1.47. The fourth-order valence-corrected chi connectivity index (χ4v) is 3.22. The van der Waals surface area contributed by atoms with E-state index in [9.17, 15) is 4.79 Å². The molecule has 2 heterocycles. The first kappa shape index (κ1) is 22.8. The molecule has 0 bridgehead atoms. The van der Waals surface area contributed by atoms with Gasteiger partial charge in [-0.1, -0.05) is 20.8 Å². The van der Waals surface area contributed by atoms with Gasteiger partial charge >= 0.3 is 6.09 Å². The van der Waals surface area contributed by atoms with Crippen molar-refractivity contribution in [3.05, 3.63) is 23.1 Å². The molecule has 0 unspecified atom stereocenters. The highest BCUT2D eigenvalue weighted by molar-refractivity contribution is 8.00. The number of oxazole rings is 2. The van der Waals surface area contributed by atoms with Gasteiger partial charge in [-0.2, -0.15) is 22.0 Å². The van der Waals surface area contributed by atoms with Crippen molar-refractivity contribution in [3.63, 3.8) is 0 Å². The van der Waals surface area contributed by atoms with Crippen LogP contribution in [0.15, 0.2) is 8.83 Å². The van der Waals surface area contributed by atoms with Crippen LogP contribution < -0.4 is 5.32 Å². The Morgan fingerprint density at radius 1 is 1.17 bits per heavy atom. The van der Waals surface area contributed by atoms with E-state index in [1.54, 1.807) is 46.4 Å². The number of rotatable bonds is 5. The molecule has 0 saturated heterocycles. The number of nitriles is 1. The van der Waals surface area contributed by atoms with Crippen LogP contribution in [-0.2, 0) is 4.74 Å². The van der Waals surface area contributed by atoms with Crippen LogP contribution in [0.5, 0.6) is 0 Å². The molecule has 0 aromatic carbocycles. The summed E-state index contributed by atoms with van der Waals surface area (Å²) in [5.41, 5.74) is -0.00992. The molecule has 1 N–H and O–H groups in total. The summed E-state index contributed by atoms with van der Waals surface area (Å²) < 4.78 is 16.8. The molecule has 9 heteroatoms. The van der Waals surface area contributed by atoms with Crippen LogP contribution in [0.2, 0.25) is 0 Å². The Kier molecular flexibility index (Phi) is 6.68. The van der Waals surface area contributed by atoms with Crippen molar-refractivity contribution < 1.29 is 18.4 Å². The van der Waals surface area contributed by atoms with E-state index in [0.29, 0.717) is 28.9 Å². The summed E-state index contributed by atoms with van der Waals surface area (Å²) in [6.07, 6.45) is -0.548. The van der Waals surface area contributed by atoms with Crippen LogP contribution in [0.1, 0.15) is 70.7 Å². The molecule has 0 saturated carbocycles. The van der Waals surface area contributed by atoms with Crippen LogP contribution in [-0.4, -0.2) is 32.2 Å². The predicted octanol–water partition coefficient (Wildman–Crippen LogP) is 4.92. The number of alkyl carbamates (subject to hydrolysis) is 1. The first-order valence-corrected chi connectivity index (χ1v) is 10.3. The molecule has 1 atom stereocenters. The van der Waals surface area contributed by atoms with Gasteiger partial charge in [0.25, 0.3) is 0 Å². The van der Waals surface area contributed by atoms with Crippen molar-refractivity contribution in [2.24, 2.45) is 0 Å². The van der Waals surface area contributed by atoms with Crippen LogP contribution >= 0.6 is 11.8 Å². The molecular weight excluding hydrogens is 392 g/mol. The van der Waals surface area contributed by atoms with Gasteiger partial charge in [-0.05, 0) is 34.6 Å². The maximum atomic E-state index is 12.3. The molecule has 0 aliphatic heterocycles. The van der Waals surface area contributed by atoms with E-state index in [1.165, 1.54) is 0 Å². The van der Waals surface area contributed by atoms with E-state index in [1.807, 2.05) is 6.07 Å². The number of carbonyl (C=O) groups excluding carboxylic acids is 1. The van der Waals surface area contributed by atoms with E-state index >= 15 is 0 Å². The topological polar surface area (TPSA) is 114 Å². The van der Waals surface area contributed by atoms with Crippen LogP contribution in [0.3, 0.4) is 0 Å². The van der Waals surface area contributed by atoms with Crippen molar-refractivity contribution in [1.82, 2.24) is 15.3 Å². The molecule has 2 rings (SSSR count). The lowest BCUT2D eigenvalue weighted by Crippen LogP contribution is -2.36. The zero-order chi connectivity index (χ0) is 22.0. The molecule has 0 aliphatic rings. The lowest BCUT2D eigenvalue weighted by atomic mass is 10.2. The van der Waals surface area contributed by atoms with Gasteiger partial charge in [0, 0.05) is 10.5 Å². The van der Waals surface area contributed by atoms with Gasteiger partial charge in [-0.15, -0.1) is 0 Å². The first-order chi connectivity index (χ1) is 13.3. The Morgan fingerprint density at radius 3 is 2.34 bits per heavy atom. The number of thioether (sulfide) groups is 1. The highest BCUT2D eigenvalue weighted by Crippen LogP contribution is 2.31. The Morgan fingerprint density at radius 2 is 1.83 bits per heavy atom. The Labute approximate surface area is 175 Å². The average Bonchev–Trinajstić information content (AvgIpc) is 3.11. The van der Waals surface area contributed by atoms with Gasteiger partial charge in [0.2, 0.25) is 11.8 Å². The molecule has 2 aromatic rings. The number of ether oxygens (including phenoxy) is 1. The number of aryl methyl sites for hydroxylation is 2. The molecule has 0 radical (unpaired) electrons. The molecule has 0 spiro atoms. The second-order valence-electron chi connectivity index (χ2n) is 8.61. The highest BCUT2D eigenvalue weighted by Gasteiger charge is 2.28. The fourth-order valence-electron chi connectivity index (χ4n) is 2.32. The van der Waals surface area contributed by atoms with Crippen molar-refractivity contribution in [2.75, 3.05) is 5.75 Å². The molecule has 29 heavy (non-hydrogen) atoms. The van der Waals surface area contributed by atoms with Gasteiger partial charge in [-0.25, -0.2) is 9.78 Å². The van der Waals surface area contributed by atoms with E-state index in [0.717, 1.165) is 0 Å². The molecule has 1 amide bonds. The Bertz CT molecular complexity index is 913. The minimum atomic E-state index is -0.618. The zero-order valence-corrected chi connectivity index (χ0v) is 19.0. The average molecular weight is 421 g/mol. The third kappa shape index (κ3) is 6.53. The molecule has 158 valence electrons. The lowest BCUT2D eigenvalue weighted by molar-refractivity contribution is 0.0501. The number of amides is 1. The standard InChI is InChI=1S/C20H28N4O4S/c1-11-13(9-21)22-17(26-11)15-12(2)27-16(24-15)14(10-29-20(6,7)8)23-18(25)28-19(3,4)5/h14H,10H2,1-8H3,(H,23,25)/t14-/m0/s1. The lowest BCUT2D eigenvalue weighted by Gasteiger charge is -2.24. The number of hydrogen-bond acceptors (Lipinski definition) is 8. The molecule has 8 nitrogen and oxygen atoms in total. The summed E-state index contributed by atoms with van der Waals surface area (Å²) in [5, 5.41) is 11.9. The van der Waals surface area contributed by atoms with Crippen LogP contribution in [0.4, 0.5) is 4.79 Å². The van der Waals surface area contributed by atoms with E-state index in [-0.39, 0.29) is 16.3 Å². The van der Waals surface area contributed by atoms with Gasteiger partial charge in [0.15, 0.2) is 11.4 Å². The second-order valence-corrected chi connectivity index (χ2v) is 10.5. The number of hydrogen-bond donors (Lipinski definition) is 1. The van der Waals surface area contributed by atoms with E-state index in [4.69, 9.17) is 18.8 Å². The molecular formula is C20H28N4O4S. The zero-order valence-electron chi connectivity index (χ0n) is 18.2. The maximum absolute atomic E-state index is 12.3.